The van der Waals surface area contributed by atoms with Gasteiger partial charge in [0.1, 0.15) is 0 Å². The molecule has 0 saturated carbocycles. The van der Waals surface area contributed by atoms with Crippen molar-refractivity contribution in [3.05, 3.63) is 46.0 Å². The van der Waals surface area contributed by atoms with E-state index in [0.29, 0.717) is 27.8 Å². The van der Waals surface area contributed by atoms with Crippen LogP contribution in [0.25, 0.3) is 0 Å². The van der Waals surface area contributed by atoms with Crippen molar-refractivity contribution in [2.75, 3.05) is 40.2 Å². The third-order valence-corrected chi connectivity index (χ3v) is 6.69. The molecule has 0 bridgehead atoms. The van der Waals surface area contributed by atoms with Crippen molar-refractivity contribution in [3.63, 3.8) is 0 Å². The van der Waals surface area contributed by atoms with Gasteiger partial charge in [0.25, 0.3) is 5.91 Å². The van der Waals surface area contributed by atoms with Crippen LogP contribution in [-0.2, 0) is 19.7 Å². The highest BCUT2D eigenvalue weighted by Crippen LogP contribution is 2.35. The number of anilines is 1. The maximum Gasteiger partial charge on any atom is 0.265 e. The number of aryl methyl sites for hydroxylation is 1. The van der Waals surface area contributed by atoms with Crippen LogP contribution in [0.5, 0.6) is 11.5 Å². The van der Waals surface area contributed by atoms with Crippen LogP contribution in [0.1, 0.15) is 16.7 Å². The fourth-order valence-electron chi connectivity index (χ4n) is 2.71. The van der Waals surface area contributed by atoms with Gasteiger partial charge in [0.15, 0.2) is 18.1 Å². The lowest BCUT2D eigenvalue weighted by Crippen LogP contribution is -2.23. The molecule has 0 atom stereocenters. The predicted molar refractivity (Wildman–Crippen MR) is 124 cm³/mol. The largest absolute Gasteiger partial charge is 0.493 e. The van der Waals surface area contributed by atoms with Crippen LogP contribution in [0.2, 0.25) is 5.02 Å². The highest BCUT2D eigenvalue weighted by Gasteiger charge is 2.20. The molecule has 2 aromatic carbocycles. The zero-order chi connectivity index (χ0) is 24.1. The molecule has 2 aromatic rings. The van der Waals surface area contributed by atoms with E-state index in [9.17, 15) is 13.2 Å². The van der Waals surface area contributed by atoms with Gasteiger partial charge in [-0.25, -0.2) is 12.7 Å². The van der Waals surface area contributed by atoms with Crippen LogP contribution in [0.15, 0.2) is 34.3 Å². The number of sulfonamides is 1. The van der Waals surface area contributed by atoms with Crippen LogP contribution in [0, 0.1) is 13.8 Å². The molecule has 2 rings (SSSR count). The van der Waals surface area contributed by atoms with E-state index in [-0.39, 0.29) is 11.5 Å². The lowest BCUT2D eigenvalue weighted by Gasteiger charge is -2.16. The van der Waals surface area contributed by atoms with Gasteiger partial charge in [-0.2, -0.15) is 0 Å². The van der Waals surface area contributed by atoms with Gasteiger partial charge < -0.3 is 19.6 Å². The van der Waals surface area contributed by atoms with E-state index >= 15 is 0 Å². The molecule has 0 aliphatic rings. The zero-order valence-corrected chi connectivity index (χ0v) is 20.3. The summed E-state index contributed by atoms with van der Waals surface area (Å²) in [6.45, 7) is 3.19. The molecule has 0 aromatic heterocycles. The first kappa shape index (κ1) is 25.4. The number of rotatable bonds is 9. The van der Waals surface area contributed by atoms with Gasteiger partial charge in [-0.05, 0) is 49.2 Å². The average molecular weight is 484 g/mol. The number of hydrogen-bond acceptors (Lipinski definition) is 7. The number of hydrogen-bond donors (Lipinski definition) is 1. The van der Waals surface area contributed by atoms with Crippen molar-refractivity contribution in [2.24, 2.45) is 5.16 Å². The topological polar surface area (TPSA) is 107 Å². The summed E-state index contributed by atoms with van der Waals surface area (Å²) in [6.07, 6.45) is 1.38. The summed E-state index contributed by atoms with van der Waals surface area (Å²) in [5, 5.41) is 6.77. The summed E-state index contributed by atoms with van der Waals surface area (Å²) in [5.41, 5.74) is 2.45. The molecule has 0 aliphatic heterocycles. The molecule has 1 N–H and O–H groups in total. The molecule has 9 nitrogen and oxygen atoms in total. The summed E-state index contributed by atoms with van der Waals surface area (Å²) in [5.74, 6) is 0.336. The Bertz CT molecular complexity index is 1130. The first-order valence-electron chi connectivity index (χ1n) is 9.41. The number of nitrogens with one attached hydrogen (secondary N) is 1. The van der Waals surface area contributed by atoms with Gasteiger partial charge in [0.05, 0.1) is 30.4 Å². The molecule has 0 saturated heterocycles. The minimum absolute atomic E-state index is 0.0881. The Labute approximate surface area is 192 Å². The molecule has 0 aliphatic carbocycles. The van der Waals surface area contributed by atoms with Gasteiger partial charge in [0, 0.05) is 25.3 Å². The average Bonchev–Trinajstić information content (AvgIpc) is 2.73. The third-order valence-electron chi connectivity index (χ3n) is 4.62. The van der Waals surface area contributed by atoms with Crippen molar-refractivity contribution >= 4 is 39.4 Å². The van der Waals surface area contributed by atoms with E-state index in [0.717, 1.165) is 15.4 Å². The highest BCUT2D eigenvalue weighted by atomic mass is 35.5. The lowest BCUT2D eigenvalue weighted by molar-refractivity contribution is -0.120. The standard InChI is InChI=1S/C21H26ClN3O6S/c1-13-7-16(32(27,28)25(3)4)10-18(14(13)2)24-20(26)12-31-23-11-15-8-17(22)21(30-6)19(9-15)29-5/h7-11H,12H2,1-6H3,(H,24,26)/b23-11+. The number of nitrogens with zero attached hydrogens (tertiary/aromatic N) is 2. The van der Waals surface area contributed by atoms with E-state index in [1.807, 2.05) is 0 Å². The predicted octanol–water partition coefficient (Wildman–Crippen LogP) is 3.21. The summed E-state index contributed by atoms with van der Waals surface area (Å²) in [7, 11) is 2.21. The normalized spacial score (nSPS) is 11.6. The van der Waals surface area contributed by atoms with Crippen molar-refractivity contribution < 1.29 is 27.5 Å². The van der Waals surface area contributed by atoms with Crippen molar-refractivity contribution in [1.82, 2.24) is 4.31 Å². The highest BCUT2D eigenvalue weighted by molar-refractivity contribution is 7.89. The van der Waals surface area contributed by atoms with E-state index in [1.165, 1.54) is 40.6 Å². The van der Waals surface area contributed by atoms with Gasteiger partial charge >= 0.3 is 0 Å². The summed E-state index contributed by atoms with van der Waals surface area (Å²) >= 11 is 6.14. The Morgan fingerprint density at radius 1 is 1.16 bits per heavy atom. The van der Waals surface area contributed by atoms with Crippen LogP contribution in [-0.4, -0.2) is 59.8 Å². The number of ether oxygens (including phenoxy) is 2. The maximum atomic E-state index is 12.4. The minimum Gasteiger partial charge on any atom is -0.493 e. The van der Waals surface area contributed by atoms with Gasteiger partial charge in [-0.1, -0.05) is 16.8 Å². The molecule has 0 heterocycles. The molecule has 0 spiro atoms. The van der Waals surface area contributed by atoms with Crippen LogP contribution in [0.3, 0.4) is 0 Å². The second kappa shape index (κ2) is 10.7. The van der Waals surface area contributed by atoms with Crippen molar-refractivity contribution in [2.45, 2.75) is 18.7 Å². The maximum absolute atomic E-state index is 12.4. The number of benzene rings is 2. The molecule has 11 heteroatoms. The minimum atomic E-state index is -3.64. The number of carbonyl (C=O) groups is 1. The summed E-state index contributed by atoms with van der Waals surface area (Å²) in [6, 6.07) is 6.25. The fraction of sp³-hybridized carbons (Fsp3) is 0.333. The Hall–Kier alpha value is -2.82. The van der Waals surface area contributed by atoms with Gasteiger partial charge in [-0.15, -0.1) is 0 Å². The van der Waals surface area contributed by atoms with Gasteiger partial charge in [0.2, 0.25) is 10.0 Å². The molecule has 174 valence electrons. The Balaban J connectivity index is 2.08. The molecule has 1 amide bonds. The van der Waals surface area contributed by atoms with E-state index < -0.39 is 15.9 Å². The number of amides is 1. The van der Waals surface area contributed by atoms with E-state index in [1.54, 1.807) is 32.0 Å². The summed E-state index contributed by atoms with van der Waals surface area (Å²) < 4.78 is 36.4. The number of carbonyl (C=O) groups excluding carboxylic acids is 1. The van der Waals surface area contributed by atoms with E-state index in [2.05, 4.69) is 10.5 Å². The Morgan fingerprint density at radius 2 is 1.84 bits per heavy atom. The molecular weight excluding hydrogens is 458 g/mol. The smallest absolute Gasteiger partial charge is 0.265 e. The number of oxime groups is 1. The second-order valence-electron chi connectivity index (χ2n) is 6.99. The fourth-order valence-corrected chi connectivity index (χ4v) is 4.02. The first-order chi connectivity index (χ1) is 15.0. The molecule has 32 heavy (non-hydrogen) atoms. The molecule has 0 radical (unpaired) electrons. The summed E-state index contributed by atoms with van der Waals surface area (Å²) in [4.78, 5) is 17.4. The van der Waals surface area contributed by atoms with Gasteiger partial charge in [-0.3, -0.25) is 4.79 Å². The Morgan fingerprint density at radius 3 is 2.44 bits per heavy atom. The van der Waals surface area contributed by atoms with Crippen LogP contribution < -0.4 is 14.8 Å². The molecule has 0 unspecified atom stereocenters. The number of halogens is 1. The van der Waals surface area contributed by atoms with Crippen molar-refractivity contribution in [1.29, 1.82) is 0 Å². The number of methoxy groups -OCH3 is 2. The van der Waals surface area contributed by atoms with Crippen LogP contribution in [0.4, 0.5) is 5.69 Å². The molecule has 0 fully saturated rings. The quantitative estimate of drug-likeness (QED) is 0.433. The first-order valence-corrected chi connectivity index (χ1v) is 11.2. The Kier molecular flexibility index (Phi) is 8.48. The SMILES string of the molecule is COc1cc(/C=N/OCC(=O)Nc2cc(S(=O)(=O)N(C)C)cc(C)c2C)cc(Cl)c1OC. The monoisotopic (exact) mass is 483 g/mol. The van der Waals surface area contributed by atoms with Crippen molar-refractivity contribution in [3.8, 4) is 11.5 Å². The molecular formula is C21H26ClN3O6S. The zero-order valence-electron chi connectivity index (χ0n) is 18.7. The van der Waals surface area contributed by atoms with Crippen LogP contribution >= 0.6 is 11.6 Å². The third kappa shape index (κ3) is 5.90. The van der Waals surface area contributed by atoms with E-state index in [4.69, 9.17) is 25.9 Å². The second-order valence-corrected chi connectivity index (χ2v) is 9.55. The lowest BCUT2D eigenvalue weighted by atomic mass is 10.1.